The summed E-state index contributed by atoms with van der Waals surface area (Å²) in [6.45, 7) is 9.77. The van der Waals surface area contributed by atoms with Gasteiger partial charge in [-0.3, -0.25) is 19.2 Å². The van der Waals surface area contributed by atoms with E-state index in [0.717, 1.165) is 68.8 Å². The Bertz CT molecular complexity index is 2630. The van der Waals surface area contributed by atoms with E-state index in [2.05, 4.69) is 73.7 Å². The summed E-state index contributed by atoms with van der Waals surface area (Å²) in [5.74, 6) is 0.868. The van der Waals surface area contributed by atoms with Crippen LogP contribution in [0.15, 0.2) is 146 Å². The van der Waals surface area contributed by atoms with Crippen molar-refractivity contribution in [1.29, 1.82) is 0 Å². The van der Waals surface area contributed by atoms with Gasteiger partial charge < -0.3 is 30.2 Å². The Morgan fingerprint density at radius 1 is 0.625 bits per heavy atom. The van der Waals surface area contributed by atoms with E-state index in [1.54, 1.807) is 29.4 Å². The Morgan fingerprint density at radius 3 is 1.71 bits per heavy atom. The number of anilines is 2. The summed E-state index contributed by atoms with van der Waals surface area (Å²) in [6, 6.07) is 42.5. The molecule has 2 atom stereocenters. The van der Waals surface area contributed by atoms with Crippen molar-refractivity contribution in [3.05, 3.63) is 190 Å². The second-order valence-corrected chi connectivity index (χ2v) is 18.7. The number of piperazine rings is 2. The van der Waals surface area contributed by atoms with Crippen molar-refractivity contribution in [3.63, 3.8) is 0 Å². The monoisotopic (exact) mass is 992 g/mol. The summed E-state index contributed by atoms with van der Waals surface area (Å²) in [5, 5.41) is 6.30. The molecular formula is C58H66ClFN8O4. The Morgan fingerprint density at radius 2 is 1.17 bits per heavy atom. The highest BCUT2D eigenvalue weighted by Crippen LogP contribution is 2.25. The van der Waals surface area contributed by atoms with Gasteiger partial charge in [0.25, 0.3) is 11.8 Å². The third-order valence-electron chi connectivity index (χ3n) is 13.3. The van der Waals surface area contributed by atoms with Crippen LogP contribution in [0.3, 0.4) is 0 Å². The minimum absolute atomic E-state index is 0.0437. The highest BCUT2D eigenvalue weighted by atomic mass is 35.5. The van der Waals surface area contributed by atoms with Crippen LogP contribution >= 0.6 is 11.6 Å². The molecule has 0 bridgehead atoms. The van der Waals surface area contributed by atoms with Gasteiger partial charge in [0.05, 0.1) is 23.5 Å². The van der Waals surface area contributed by atoms with Crippen LogP contribution in [-0.4, -0.2) is 108 Å². The number of nitrogens with one attached hydrogen (secondary N) is 2. The molecule has 2 fully saturated rings. The van der Waals surface area contributed by atoms with Gasteiger partial charge in [0, 0.05) is 87.9 Å². The van der Waals surface area contributed by atoms with Crippen molar-refractivity contribution in [2.45, 2.75) is 70.8 Å². The number of amides is 4. The third-order valence-corrected chi connectivity index (χ3v) is 13.7. The van der Waals surface area contributed by atoms with Gasteiger partial charge in [-0.2, -0.15) is 0 Å². The quantitative estimate of drug-likeness (QED) is 0.0816. The summed E-state index contributed by atoms with van der Waals surface area (Å²) in [5.41, 5.74) is 4.98. The number of aromatic nitrogens is 2. The molecule has 2 aliphatic rings. The number of unbranched alkanes of at least 4 members (excludes halogenated alkanes) is 1. The Hall–Kier alpha value is -7.12. The molecule has 14 heteroatoms. The number of benzene rings is 4. The normalized spacial score (nSPS) is 14.4. The number of halogens is 2. The lowest BCUT2D eigenvalue weighted by Gasteiger charge is -2.37. The number of pyridine rings is 2. The van der Waals surface area contributed by atoms with Gasteiger partial charge in [0.2, 0.25) is 11.8 Å². The maximum Gasteiger partial charge on any atom is 0.253 e. The van der Waals surface area contributed by atoms with E-state index in [0.29, 0.717) is 56.9 Å². The lowest BCUT2D eigenvalue weighted by molar-refractivity contribution is -0.133. The zero-order valence-corrected chi connectivity index (χ0v) is 42.2. The molecule has 4 heterocycles. The molecule has 0 aliphatic carbocycles. The zero-order valence-electron chi connectivity index (χ0n) is 41.4. The van der Waals surface area contributed by atoms with Gasteiger partial charge in [-0.15, -0.1) is 0 Å². The molecule has 2 aliphatic heterocycles. The number of rotatable bonds is 18. The molecule has 2 saturated heterocycles. The molecule has 6 aromatic rings. The molecule has 376 valence electrons. The van der Waals surface area contributed by atoms with Crippen LogP contribution in [-0.2, 0) is 28.9 Å². The van der Waals surface area contributed by atoms with E-state index in [-0.39, 0.29) is 52.6 Å². The molecule has 4 amide bonds. The standard InChI is InChI=1S/C30H36N4O2.C28H30ClFN4O2/c1-2-27(25-14-7-4-8-15-25)30(36)34-21-19-33(20-22-34)28-17-16-26(23-32-28)29(35)31-18-10-9-13-24-11-5-3-6-12-24;1-20(10-11-21-6-3-2-4-7-21)32-28(36)22-12-13-26(31-19-22)33-14-16-34(17-15-33)27(35)18-23-24(29)8-5-9-25(23)30/h3-8,11-12,14-17,23,27H,2,9-10,13,18-22H2,1H3,(H,31,35);2-9,12-13,19-20H,10-11,14-18H2,1H3,(H,32,36). The summed E-state index contributed by atoms with van der Waals surface area (Å²) in [6.07, 6.45) is 8.74. The third kappa shape index (κ3) is 15.2. The fourth-order valence-corrected chi connectivity index (χ4v) is 9.22. The molecule has 4 aromatic carbocycles. The lowest BCUT2D eigenvalue weighted by atomic mass is 9.95. The molecule has 0 radical (unpaired) electrons. The first-order chi connectivity index (χ1) is 35.1. The van der Waals surface area contributed by atoms with Crippen LogP contribution in [0.2, 0.25) is 5.02 Å². The maximum atomic E-state index is 14.0. The molecule has 2 N–H and O–H groups in total. The number of hydrogen-bond donors (Lipinski definition) is 2. The maximum absolute atomic E-state index is 14.0. The van der Waals surface area contributed by atoms with E-state index in [4.69, 9.17) is 11.6 Å². The summed E-state index contributed by atoms with van der Waals surface area (Å²) in [4.78, 5) is 67.9. The van der Waals surface area contributed by atoms with Crippen LogP contribution < -0.4 is 20.4 Å². The van der Waals surface area contributed by atoms with Crippen molar-refractivity contribution in [2.75, 3.05) is 68.7 Å². The van der Waals surface area contributed by atoms with Gasteiger partial charge >= 0.3 is 0 Å². The Labute approximate surface area is 428 Å². The minimum atomic E-state index is -0.464. The molecule has 0 saturated carbocycles. The molecular weight excluding hydrogens is 927 g/mol. The van der Waals surface area contributed by atoms with E-state index < -0.39 is 5.82 Å². The van der Waals surface area contributed by atoms with E-state index in [1.165, 1.54) is 23.3 Å². The van der Waals surface area contributed by atoms with Crippen LogP contribution in [0.4, 0.5) is 16.0 Å². The van der Waals surface area contributed by atoms with Crippen LogP contribution in [0.25, 0.3) is 0 Å². The fraction of sp³-hybridized carbons (Fsp3) is 0.345. The highest BCUT2D eigenvalue weighted by molar-refractivity contribution is 6.31. The number of hydrogen-bond acceptors (Lipinski definition) is 8. The Kier molecular flexibility index (Phi) is 19.7. The first kappa shape index (κ1) is 52.7. The summed E-state index contributed by atoms with van der Waals surface area (Å²) < 4.78 is 14.0. The predicted molar refractivity (Wildman–Crippen MR) is 284 cm³/mol. The topological polar surface area (TPSA) is 131 Å². The van der Waals surface area contributed by atoms with Crippen molar-refractivity contribution < 1.29 is 23.6 Å². The van der Waals surface area contributed by atoms with Crippen molar-refractivity contribution in [2.24, 2.45) is 0 Å². The largest absolute Gasteiger partial charge is 0.353 e. The smallest absolute Gasteiger partial charge is 0.253 e. The second-order valence-electron chi connectivity index (χ2n) is 18.3. The predicted octanol–water partition coefficient (Wildman–Crippen LogP) is 9.19. The van der Waals surface area contributed by atoms with E-state index in [9.17, 15) is 23.6 Å². The first-order valence-electron chi connectivity index (χ1n) is 25.2. The van der Waals surface area contributed by atoms with Gasteiger partial charge in [-0.25, -0.2) is 14.4 Å². The summed E-state index contributed by atoms with van der Waals surface area (Å²) in [7, 11) is 0. The van der Waals surface area contributed by atoms with Crippen LogP contribution in [0.1, 0.15) is 88.4 Å². The molecule has 0 spiro atoms. The highest BCUT2D eigenvalue weighted by Gasteiger charge is 2.28. The average Bonchev–Trinajstić information content (AvgIpc) is 3.42. The van der Waals surface area contributed by atoms with Crippen molar-refractivity contribution in [1.82, 2.24) is 30.4 Å². The number of nitrogens with zero attached hydrogens (tertiary/aromatic N) is 6. The molecule has 2 unspecified atom stereocenters. The van der Waals surface area contributed by atoms with Crippen molar-refractivity contribution >= 4 is 46.9 Å². The number of carbonyl (C=O) groups excluding carboxylic acids is 4. The van der Waals surface area contributed by atoms with Gasteiger partial charge in [0.15, 0.2) is 0 Å². The molecule has 72 heavy (non-hydrogen) atoms. The molecule has 2 aromatic heterocycles. The van der Waals surface area contributed by atoms with E-state index >= 15 is 0 Å². The fourth-order valence-electron chi connectivity index (χ4n) is 8.99. The second kappa shape index (κ2) is 26.9. The Balaban J connectivity index is 0.000000211. The number of aryl methyl sites for hydroxylation is 2. The minimum Gasteiger partial charge on any atom is -0.353 e. The van der Waals surface area contributed by atoms with Gasteiger partial charge in [0.1, 0.15) is 17.5 Å². The number of carbonyl (C=O) groups is 4. The van der Waals surface area contributed by atoms with E-state index in [1.807, 2.05) is 84.6 Å². The molecule has 8 rings (SSSR count). The first-order valence-corrected chi connectivity index (χ1v) is 25.6. The molecule has 12 nitrogen and oxygen atoms in total. The zero-order chi connectivity index (χ0) is 50.7. The van der Waals surface area contributed by atoms with Gasteiger partial charge in [-0.05, 0) is 98.5 Å². The van der Waals surface area contributed by atoms with Crippen LogP contribution in [0.5, 0.6) is 0 Å². The van der Waals surface area contributed by atoms with Crippen molar-refractivity contribution in [3.8, 4) is 0 Å². The van der Waals surface area contributed by atoms with Crippen LogP contribution in [0, 0.1) is 5.82 Å². The summed E-state index contributed by atoms with van der Waals surface area (Å²) >= 11 is 6.06. The van der Waals surface area contributed by atoms with Gasteiger partial charge in [-0.1, -0.05) is 116 Å². The SMILES string of the molecule is CC(CCc1ccccc1)NC(=O)c1ccc(N2CCN(C(=O)Cc3c(F)cccc3Cl)CC2)nc1.CCC(C(=O)N1CCN(c2ccc(C(=O)NCCCCc3ccccc3)cn2)CC1)c1ccccc1. The lowest BCUT2D eigenvalue weighted by Crippen LogP contribution is -2.50. The average molecular weight is 994 g/mol.